The van der Waals surface area contributed by atoms with Gasteiger partial charge < -0.3 is 5.11 Å². The van der Waals surface area contributed by atoms with Crippen LogP contribution >= 0.6 is 11.8 Å². The van der Waals surface area contributed by atoms with Gasteiger partial charge in [0.15, 0.2) is 5.16 Å². The zero-order valence-corrected chi connectivity index (χ0v) is 10.4. The van der Waals surface area contributed by atoms with Crippen LogP contribution in [0.1, 0.15) is 0 Å². The van der Waals surface area contributed by atoms with Crippen LogP contribution < -0.4 is 5.56 Å². The second kappa shape index (κ2) is 5.66. The lowest BCUT2D eigenvalue weighted by molar-refractivity contribution is -0.133. The third-order valence-electron chi connectivity index (χ3n) is 2.19. The van der Waals surface area contributed by atoms with Gasteiger partial charge in [0, 0.05) is 12.3 Å². The number of aliphatic carboxylic acids is 1. The van der Waals surface area contributed by atoms with Crippen LogP contribution in [0.25, 0.3) is 5.69 Å². The van der Waals surface area contributed by atoms with E-state index in [2.05, 4.69) is 4.98 Å². The van der Waals surface area contributed by atoms with Crippen LogP contribution in [0.4, 0.5) is 4.39 Å². The van der Waals surface area contributed by atoms with E-state index >= 15 is 0 Å². The summed E-state index contributed by atoms with van der Waals surface area (Å²) >= 11 is 0.900. The second-order valence-electron chi connectivity index (χ2n) is 3.58. The van der Waals surface area contributed by atoms with E-state index in [0.29, 0.717) is 5.69 Å². The van der Waals surface area contributed by atoms with Gasteiger partial charge in [0.2, 0.25) is 0 Å². The largest absolute Gasteiger partial charge is 0.481 e. The van der Waals surface area contributed by atoms with Crippen LogP contribution in [0.15, 0.2) is 46.5 Å². The lowest BCUT2D eigenvalue weighted by atomic mass is 10.3. The molecule has 1 N–H and O–H groups in total. The predicted molar refractivity (Wildman–Crippen MR) is 68.2 cm³/mol. The number of hydrogen-bond donors (Lipinski definition) is 1. The Balaban J connectivity index is 2.44. The fourth-order valence-corrected chi connectivity index (χ4v) is 2.15. The van der Waals surface area contributed by atoms with Crippen LogP contribution in [-0.2, 0) is 4.79 Å². The van der Waals surface area contributed by atoms with Gasteiger partial charge in [0.05, 0.1) is 11.4 Å². The number of benzene rings is 1. The summed E-state index contributed by atoms with van der Waals surface area (Å²) in [5.41, 5.74) is 0.000862. The first-order chi connectivity index (χ1) is 9.06. The molecule has 0 spiro atoms. The molecule has 0 aliphatic rings. The highest BCUT2D eigenvalue weighted by molar-refractivity contribution is 7.99. The lowest BCUT2D eigenvalue weighted by Gasteiger charge is -2.10. The molecule has 98 valence electrons. The average molecular weight is 280 g/mol. The number of thioether (sulfide) groups is 1. The molecule has 2 aromatic rings. The van der Waals surface area contributed by atoms with Crippen molar-refractivity contribution in [2.75, 3.05) is 5.75 Å². The molecule has 0 unspecified atom stereocenters. The molecule has 0 aliphatic carbocycles. The Hall–Kier alpha value is -2.15. The van der Waals surface area contributed by atoms with Crippen molar-refractivity contribution in [1.82, 2.24) is 9.55 Å². The van der Waals surface area contributed by atoms with E-state index in [1.165, 1.54) is 35.0 Å². The molecular weight excluding hydrogens is 271 g/mol. The van der Waals surface area contributed by atoms with Crippen molar-refractivity contribution in [1.29, 1.82) is 0 Å². The van der Waals surface area contributed by atoms with Crippen LogP contribution in [0.5, 0.6) is 0 Å². The molecule has 2 rings (SSSR count). The molecule has 19 heavy (non-hydrogen) atoms. The maximum absolute atomic E-state index is 13.2. The van der Waals surface area contributed by atoms with E-state index in [9.17, 15) is 14.0 Å². The number of hydrogen-bond acceptors (Lipinski definition) is 4. The van der Waals surface area contributed by atoms with Crippen molar-refractivity contribution < 1.29 is 14.3 Å². The summed E-state index contributed by atoms with van der Waals surface area (Å²) in [6.07, 6.45) is 1.44. The SMILES string of the molecule is O=C(O)CSc1nc(=O)ccn1-c1cccc(F)c1. The van der Waals surface area contributed by atoms with E-state index in [-0.39, 0.29) is 10.9 Å². The van der Waals surface area contributed by atoms with Crippen molar-refractivity contribution in [2.45, 2.75) is 5.16 Å². The van der Waals surface area contributed by atoms with Crippen LogP contribution in [-0.4, -0.2) is 26.4 Å². The Morgan fingerprint density at radius 3 is 2.89 bits per heavy atom. The maximum Gasteiger partial charge on any atom is 0.313 e. The van der Waals surface area contributed by atoms with Gasteiger partial charge in [-0.15, -0.1) is 0 Å². The van der Waals surface area contributed by atoms with Crippen LogP contribution in [0.2, 0.25) is 0 Å². The lowest BCUT2D eigenvalue weighted by Crippen LogP contribution is -2.13. The molecule has 7 heteroatoms. The summed E-state index contributed by atoms with van der Waals surface area (Å²) in [6, 6.07) is 6.96. The number of rotatable bonds is 4. The first-order valence-electron chi connectivity index (χ1n) is 5.26. The van der Waals surface area contributed by atoms with Crippen molar-refractivity contribution >= 4 is 17.7 Å². The summed E-state index contributed by atoms with van der Waals surface area (Å²) in [4.78, 5) is 25.5. The van der Waals surface area contributed by atoms with Gasteiger partial charge in [0.25, 0.3) is 5.56 Å². The van der Waals surface area contributed by atoms with Crippen LogP contribution in [0, 0.1) is 5.82 Å². The molecule has 0 saturated heterocycles. The quantitative estimate of drug-likeness (QED) is 0.679. The minimum Gasteiger partial charge on any atom is -0.481 e. The topological polar surface area (TPSA) is 72.2 Å². The number of aromatic nitrogens is 2. The number of halogens is 1. The summed E-state index contributed by atoms with van der Waals surface area (Å²) in [5, 5.41) is 8.86. The molecule has 0 amide bonds. The van der Waals surface area contributed by atoms with E-state index in [1.54, 1.807) is 6.07 Å². The normalized spacial score (nSPS) is 10.4. The van der Waals surface area contributed by atoms with Gasteiger partial charge in [-0.25, -0.2) is 4.39 Å². The standard InChI is InChI=1S/C12H9FN2O3S/c13-8-2-1-3-9(6-8)15-5-4-10(16)14-12(15)19-7-11(17)18/h1-6H,7H2,(H,17,18). The number of nitrogens with zero attached hydrogens (tertiary/aromatic N) is 2. The monoisotopic (exact) mass is 280 g/mol. The number of carboxylic acid groups (broad SMARTS) is 1. The van der Waals surface area contributed by atoms with Gasteiger partial charge in [-0.3, -0.25) is 14.2 Å². The Labute approximate surface area is 111 Å². The molecule has 0 atom stereocenters. The van der Waals surface area contributed by atoms with E-state index in [4.69, 9.17) is 5.11 Å². The number of carboxylic acids is 1. The third kappa shape index (κ3) is 3.41. The van der Waals surface area contributed by atoms with E-state index < -0.39 is 17.3 Å². The Kier molecular flexibility index (Phi) is 3.96. The Bertz CT molecular complexity index is 672. The Morgan fingerprint density at radius 2 is 2.21 bits per heavy atom. The highest BCUT2D eigenvalue weighted by Gasteiger charge is 2.08. The summed E-state index contributed by atoms with van der Waals surface area (Å²) in [5.74, 6) is -1.68. The van der Waals surface area contributed by atoms with E-state index in [1.807, 2.05) is 0 Å². The second-order valence-corrected chi connectivity index (χ2v) is 4.52. The molecule has 0 fully saturated rings. The first-order valence-corrected chi connectivity index (χ1v) is 6.25. The predicted octanol–water partition coefficient (Wildman–Crippen LogP) is 1.55. The minimum absolute atomic E-state index is 0.209. The summed E-state index contributed by atoms with van der Waals surface area (Å²) in [6.45, 7) is 0. The summed E-state index contributed by atoms with van der Waals surface area (Å²) in [7, 11) is 0. The first kappa shape index (κ1) is 13.3. The average Bonchev–Trinajstić information content (AvgIpc) is 2.36. The van der Waals surface area contributed by atoms with Gasteiger partial charge >= 0.3 is 5.97 Å². The van der Waals surface area contributed by atoms with Crippen LogP contribution in [0.3, 0.4) is 0 Å². The molecule has 1 aromatic heterocycles. The zero-order valence-electron chi connectivity index (χ0n) is 9.62. The molecule has 5 nitrogen and oxygen atoms in total. The maximum atomic E-state index is 13.2. The third-order valence-corrected chi connectivity index (χ3v) is 3.13. The highest BCUT2D eigenvalue weighted by atomic mass is 32.2. The number of carbonyl (C=O) groups is 1. The van der Waals surface area contributed by atoms with Crippen molar-refractivity contribution in [3.8, 4) is 5.69 Å². The van der Waals surface area contributed by atoms with Crippen molar-refractivity contribution in [3.05, 3.63) is 52.7 Å². The Morgan fingerprint density at radius 1 is 1.42 bits per heavy atom. The highest BCUT2D eigenvalue weighted by Crippen LogP contribution is 2.18. The van der Waals surface area contributed by atoms with Gasteiger partial charge in [0.1, 0.15) is 5.82 Å². The molecule has 0 aliphatic heterocycles. The molecule has 0 radical (unpaired) electrons. The smallest absolute Gasteiger partial charge is 0.313 e. The van der Waals surface area contributed by atoms with Crippen molar-refractivity contribution in [3.63, 3.8) is 0 Å². The van der Waals surface area contributed by atoms with Gasteiger partial charge in [-0.2, -0.15) is 4.98 Å². The minimum atomic E-state index is -1.02. The molecule has 0 bridgehead atoms. The van der Waals surface area contributed by atoms with E-state index in [0.717, 1.165) is 11.8 Å². The zero-order chi connectivity index (χ0) is 13.8. The summed E-state index contributed by atoms with van der Waals surface area (Å²) < 4.78 is 14.7. The fraction of sp³-hybridized carbons (Fsp3) is 0.0833. The van der Waals surface area contributed by atoms with Crippen molar-refractivity contribution in [2.24, 2.45) is 0 Å². The molecular formula is C12H9FN2O3S. The fourth-order valence-electron chi connectivity index (χ4n) is 1.44. The van der Waals surface area contributed by atoms with Gasteiger partial charge in [-0.05, 0) is 18.2 Å². The molecule has 1 aromatic carbocycles. The van der Waals surface area contributed by atoms with Gasteiger partial charge in [-0.1, -0.05) is 17.8 Å². The molecule has 1 heterocycles. The molecule has 0 saturated carbocycles.